The number of hydrogen-bond acceptors (Lipinski definition) is 16. The van der Waals surface area contributed by atoms with Gasteiger partial charge < -0.3 is 56.2 Å². The fourth-order valence-corrected chi connectivity index (χ4v) is 8.15. The number of imidazole rings is 2. The Bertz CT molecular complexity index is 3270. The summed E-state index contributed by atoms with van der Waals surface area (Å²) in [7, 11) is 3.42. The second-order valence-corrected chi connectivity index (χ2v) is 17.6. The molecule has 0 aliphatic heterocycles. The Morgan fingerprint density at radius 1 is 0.810 bits per heavy atom. The van der Waals surface area contributed by atoms with Crippen LogP contribution in [0.2, 0.25) is 0 Å². The van der Waals surface area contributed by atoms with E-state index in [1.807, 2.05) is 27.8 Å². The number of aliphatic carboxylic acids is 2. The number of hydrogen-bond donors (Lipinski definition) is 8. The third-order valence-electron chi connectivity index (χ3n) is 11.8. The highest BCUT2D eigenvalue weighted by Crippen LogP contribution is 2.33. The van der Waals surface area contributed by atoms with E-state index in [4.69, 9.17) is 36.6 Å². The molecule has 26 nitrogen and oxygen atoms in total. The largest absolute Gasteiger partial charge is 0.491 e. The van der Waals surface area contributed by atoms with Crippen molar-refractivity contribution in [1.29, 1.82) is 0 Å². The van der Waals surface area contributed by atoms with Crippen LogP contribution in [0.3, 0.4) is 0 Å². The van der Waals surface area contributed by atoms with Crippen molar-refractivity contribution in [2.45, 2.75) is 93.0 Å². The molecule has 4 amide bonds. The molecule has 6 aromatic rings. The summed E-state index contributed by atoms with van der Waals surface area (Å²) in [5.74, 6) is -4.15. The summed E-state index contributed by atoms with van der Waals surface area (Å²) in [6.07, 6.45) is 11.5. The SMILES string of the molecule is CC.CCN=C(/C=C(/C)N)C(=O)Nc1nc2cc(C(N)=O)cc(OC/C=C/Cn3cc(N(C)C(CC(=O)O)CC(=O)O)cn3)c2n1C/C=C/Cn1c(NC(=O)c2cc(C)nn2CC)nc2cc(C(N)=O)cc(OCCCNC)c21. The van der Waals surface area contributed by atoms with E-state index in [1.54, 1.807) is 87.8 Å². The third-order valence-corrected chi connectivity index (χ3v) is 11.8. The maximum atomic E-state index is 13.9. The normalized spacial score (nSPS) is 11.9. The minimum atomic E-state index is -1.13. The number of fused-ring (bicyclic) bond motifs is 2. The van der Waals surface area contributed by atoms with Gasteiger partial charge in [0.2, 0.25) is 23.7 Å². The molecule has 26 heteroatoms. The second kappa shape index (κ2) is 28.7. The summed E-state index contributed by atoms with van der Waals surface area (Å²) in [5, 5.41) is 36.3. The Balaban J connectivity index is 0.00000567. The van der Waals surface area contributed by atoms with Crippen molar-refractivity contribution < 1.29 is 48.5 Å². The Morgan fingerprint density at radius 2 is 1.38 bits per heavy atom. The van der Waals surface area contributed by atoms with E-state index in [1.165, 1.54) is 36.5 Å². The van der Waals surface area contributed by atoms with Gasteiger partial charge in [0.25, 0.3) is 11.8 Å². The van der Waals surface area contributed by atoms with Crippen LogP contribution in [-0.2, 0) is 40.6 Å². The smallest absolute Gasteiger partial charge is 0.305 e. The number of carboxylic acid groups (broad SMARTS) is 2. The quantitative estimate of drug-likeness (QED) is 0.0182. The van der Waals surface area contributed by atoms with E-state index in [0.29, 0.717) is 64.6 Å². The average Bonchev–Trinajstić information content (AvgIpc) is 4.38. The minimum absolute atomic E-state index is 0.0289. The number of aromatic nitrogens is 8. The summed E-state index contributed by atoms with van der Waals surface area (Å²) in [6.45, 7) is 13.0. The molecule has 0 radical (unpaired) electrons. The number of nitrogens with zero attached hydrogens (tertiary/aromatic N) is 10. The molecule has 422 valence electrons. The molecule has 4 heterocycles. The number of ether oxygens (including phenoxy) is 2. The van der Waals surface area contributed by atoms with Gasteiger partial charge in [0.05, 0.1) is 54.6 Å². The molecule has 0 atom stereocenters. The number of carbonyl (C=O) groups excluding carboxylic acids is 4. The summed E-state index contributed by atoms with van der Waals surface area (Å²) in [6, 6.07) is 6.86. The molecule has 0 aliphatic carbocycles. The minimum Gasteiger partial charge on any atom is -0.491 e. The van der Waals surface area contributed by atoms with Crippen LogP contribution in [0.25, 0.3) is 22.1 Å². The predicted octanol–water partition coefficient (Wildman–Crippen LogP) is 4.48. The molecular weight excluding hydrogens is 1020 g/mol. The molecule has 0 bridgehead atoms. The van der Waals surface area contributed by atoms with Crippen molar-refractivity contribution in [3.8, 4) is 11.5 Å². The highest BCUT2D eigenvalue weighted by molar-refractivity contribution is 6.47. The molecule has 0 spiro atoms. The summed E-state index contributed by atoms with van der Waals surface area (Å²) in [5.41, 5.74) is 21.0. The lowest BCUT2D eigenvalue weighted by Crippen LogP contribution is -2.35. The molecule has 6 rings (SSSR count). The number of aryl methyl sites for hydroxylation is 2. The molecule has 0 fully saturated rings. The molecule has 0 unspecified atom stereocenters. The number of nitrogens with two attached hydrogens (primary N) is 3. The lowest BCUT2D eigenvalue weighted by atomic mass is 10.1. The lowest BCUT2D eigenvalue weighted by Gasteiger charge is -2.26. The van der Waals surface area contributed by atoms with Crippen LogP contribution >= 0.6 is 0 Å². The van der Waals surface area contributed by atoms with Crippen LogP contribution in [0.5, 0.6) is 11.5 Å². The number of rotatable bonds is 29. The van der Waals surface area contributed by atoms with Gasteiger partial charge in [0, 0.05) is 62.3 Å². The molecule has 79 heavy (non-hydrogen) atoms. The van der Waals surface area contributed by atoms with Crippen molar-refractivity contribution in [2.75, 3.05) is 55.9 Å². The average molecular weight is 1090 g/mol. The van der Waals surface area contributed by atoms with Gasteiger partial charge >= 0.3 is 11.9 Å². The molecular formula is C53H70N16O10. The molecule has 4 aromatic heterocycles. The van der Waals surface area contributed by atoms with Crippen molar-refractivity contribution in [1.82, 2.24) is 44.0 Å². The first-order valence-corrected chi connectivity index (χ1v) is 25.5. The van der Waals surface area contributed by atoms with Crippen LogP contribution in [0.4, 0.5) is 17.6 Å². The van der Waals surface area contributed by atoms with Gasteiger partial charge in [-0.25, -0.2) is 9.97 Å². The van der Waals surface area contributed by atoms with Gasteiger partial charge in [-0.1, -0.05) is 32.1 Å². The number of amides is 4. The number of nitrogens with one attached hydrogen (secondary N) is 3. The van der Waals surface area contributed by atoms with Gasteiger partial charge in [0.1, 0.15) is 40.5 Å². The number of benzene rings is 2. The molecule has 11 N–H and O–H groups in total. The first kappa shape index (κ1) is 60.5. The van der Waals surface area contributed by atoms with Crippen LogP contribution in [0.15, 0.2) is 83.8 Å². The van der Waals surface area contributed by atoms with Crippen molar-refractivity contribution in [3.05, 3.63) is 101 Å². The molecule has 0 saturated carbocycles. The number of carboxylic acids is 2. The molecule has 0 aliphatic rings. The van der Waals surface area contributed by atoms with Crippen LogP contribution in [-0.4, -0.2) is 137 Å². The first-order valence-electron chi connectivity index (χ1n) is 25.5. The number of allylic oxidation sites excluding steroid dienone is 4. The number of anilines is 3. The van der Waals surface area contributed by atoms with Crippen molar-refractivity contribution in [2.24, 2.45) is 22.2 Å². The third kappa shape index (κ3) is 16.1. The maximum absolute atomic E-state index is 13.9. The summed E-state index contributed by atoms with van der Waals surface area (Å²) < 4.78 is 19.1. The van der Waals surface area contributed by atoms with Gasteiger partial charge in [0.15, 0.2) is 0 Å². The van der Waals surface area contributed by atoms with E-state index >= 15 is 0 Å². The highest BCUT2D eigenvalue weighted by atomic mass is 16.5. The van der Waals surface area contributed by atoms with Crippen LogP contribution in [0, 0.1) is 6.92 Å². The summed E-state index contributed by atoms with van der Waals surface area (Å²) in [4.78, 5) is 91.3. The summed E-state index contributed by atoms with van der Waals surface area (Å²) >= 11 is 0. The Hall–Kier alpha value is -9.33. The number of primary amides is 2. The Morgan fingerprint density at radius 3 is 1.91 bits per heavy atom. The van der Waals surface area contributed by atoms with Gasteiger partial charge in [-0.05, 0) is 90.2 Å². The number of carbonyl (C=O) groups is 6. The van der Waals surface area contributed by atoms with Gasteiger partial charge in [-0.2, -0.15) is 10.2 Å². The fourth-order valence-electron chi connectivity index (χ4n) is 8.15. The van der Waals surface area contributed by atoms with E-state index in [2.05, 4.69) is 31.1 Å². The Labute approximate surface area is 456 Å². The standard InChI is InChI=1S/C51H64N16O10.C2H6/c1-7-56-38(20-30(3)52)48(74)60-50-58-36-22-32(46(53)72)24-40(76-18-12-11-15-64-29-35(28-57-64)63(6)34(26-42(68)69)27-43(70)71)44(36)65(50)16-9-10-17-66-45-37(23-33(47(54)73)25-41(45)77-19-13-14-55-5)59-51(66)61-49(75)39-21-31(4)62-67(39)8-2;1-2/h9-12,20-25,28-29,34,55H,7-8,13-19,26-27,52H2,1-6H3,(H2,53,72)(H2,54,73)(H,68,69)(H,70,71)(H,58,60,74)(H,59,61,75);1-2H3/b10-9+,12-11+,30-20-,56-38?;. The van der Waals surface area contributed by atoms with Crippen LogP contribution in [0.1, 0.15) is 90.8 Å². The molecule has 0 saturated heterocycles. The van der Waals surface area contributed by atoms with E-state index in [9.17, 15) is 39.0 Å². The number of aliphatic imine (C=N–C) groups is 1. The zero-order valence-electron chi connectivity index (χ0n) is 45.6. The van der Waals surface area contributed by atoms with E-state index in [0.717, 1.165) is 0 Å². The zero-order chi connectivity index (χ0) is 57.9. The monoisotopic (exact) mass is 1090 g/mol. The van der Waals surface area contributed by atoms with Crippen molar-refractivity contribution in [3.63, 3.8) is 0 Å². The zero-order valence-corrected chi connectivity index (χ0v) is 45.6. The molecule has 2 aromatic carbocycles. The maximum Gasteiger partial charge on any atom is 0.305 e. The lowest BCUT2D eigenvalue weighted by molar-refractivity contribution is -0.139. The van der Waals surface area contributed by atoms with Crippen molar-refractivity contribution >= 4 is 80.9 Å². The fraction of sp³-hybridized carbons (Fsp3) is 0.377. The second-order valence-electron chi connectivity index (χ2n) is 17.6. The van der Waals surface area contributed by atoms with E-state index < -0.39 is 41.6 Å². The van der Waals surface area contributed by atoms with Gasteiger partial charge in [-0.15, -0.1) is 0 Å². The predicted molar refractivity (Wildman–Crippen MR) is 300 cm³/mol. The highest BCUT2D eigenvalue weighted by Gasteiger charge is 2.25. The van der Waals surface area contributed by atoms with Gasteiger partial charge in [-0.3, -0.25) is 53.8 Å². The van der Waals surface area contributed by atoms with E-state index in [-0.39, 0.29) is 92.2 Å². The van der Waals surface area contributed by atoms with Crippen LogP contribution < -0.4 is 47.5 Å². The first-order chi connectivity index (χ1) is 37.8. The topological polar surface area (TPSA) is 362 Å². The Kier molecular flexibility index (Phi) is 22.0.